The lowest BCUT2D eigenvalue weighted by Crippen LogP contribution is -2.43. The summed E-state index contributed by atoms with van der Waals surface area (Å²) in [6, 6.07) is 13.7. The first-order valence-corrected chi connectivity index (χ1v) is 10.1. The minimum atomic E-state index is 0.624. The summed E-state index contributed by atoms with van der Waals surface area (Å²) in [4.78, 5) is 14.7. The maximum absolute atomic E-state index is 4.89. The average molecular weight is 351 g/mol. The third-order valence-corrected chi connectivity index (χ3v) is 5.74. The number of hydrogen-bond donors (Lipinski definition) is 0. The normalized spacial score (nSPS) is 23.2. The van der Waals surface area contributed by atoms with Crippen LogP contribution in [0.25, 0.3) is 0 Å². The summed E-state index contributed by atoms with van der Waals surface area (Å²) in [6.07, 6.45) is 4.72. The van der Waals surface area contributed by atoms with Crippen molar-refractivity contribution in [2.24, 2.45) is 5.92 Å². The molecule has 1 aromatic heterocycles. The van der Waals surface area contributed by atoms with E-state index in [1.54, 1.807) is 0 Å². The van der Waals surface area contributed by atoms with Gasteiger partial charge in [0.15, 0.2) is 0 Å². The predicted octanol–water partition coefficient (Wildman–Crippen LogP) is 3.84. The minimum absolute atomic E-state index is 0.624. The fraction of sp³-hybridized carbons (Fsp3) is 0.545. The van der Waals surface area contributed by atoms with Gasteiger partial charge in [0.2, 0.25) is 0 Å². The largest absolute Gasteiger partial charge is 0.355 e. The van der Waals surface area contributed by atoms with Crippen LogP contribution >= 0.6 is 0 Å². The highest BCUT2D eigenvalue weighted by Gasteiger charge is 2.35. The molecule has 0 amide bonds. The highest BCUT2D eigenvalue weighted by Crippen LogP contribution is 2.31. The number of nitrogens with zero attached hydrogens (tertiary/aromatic N) is 4. The topological polar surface area (TPSA) is 32.3 Å². The second-order valence-corrected chi connectivity index (χ2v) is 7.95. The Morgan fingerprint density at radius 3 is 2.69 bits per heavy atom. The van der Waals surface area contributed by atoms with Crippen LogP contribution in [0.5, 0.6) is 0 Å². The zero-order valence-electron chi connectivity index (χ0n) is 16.1. The number of aromatic nitrogens is 2. The molecule has 2 atom stereocenters. The first kappa shape index (κ1) is 17.5. The number of rotatable bonds is 5. The Morgan fingerprint density at radius 2 is 1.88 bits per heavy atom. The van der Waals surface area contributed by atoms with Crippen molar-refractivity contribution in [1.82, 2.24) is 14.9 Å². The lowest BCUT2D eigenvalue weighted by atomic mass is 9.94. The van der Waals surface area contributed by atoms with Crippen molar-refractivity contribution in [2.75, 3.05) is 24.5 Å². The van der Waals surface area contributed by atoms with Gasteiger partial charge in [-0.05, 0) is 37.7 Å². The molecule has 2 bridgehead atoms. The number of piperidine rings is 1. The third kappa shape index (κ3) is 3.90. The van der Waals surface area contributed by atoms with Gasteiger partial charge in [-0.1, -0.05) is 37.3 Å². The molecule has 138 valence electrons. The Hall–Kier alpha value is -1.94. The number of anilines is 1. The van der Waals surface area contributed by atoms with Crippen molar-refractivity contribution in [2.45, 2.75) is 52.1 Å². The van der Waals surface area contributed by atoms with Crippen LogP contribution in [-0.4, -0.2) is 40.5 Å². The molecule has 3 aliphatic heterocycles. The van der Waals surface area contributed by atoms with Gasteiger partial charge in [-0.3, -0.25) is 4.90 Å². The van der Waals surface area contributed by atoms with Gasteiger partial charge in [-0.25, -0.2) is 9.97 Å². The van der Waals surface area contributed by atoms with Gasteiger partial charge in [0, 0.05) is 50.4 Å². The number of hydrogen-bond acceptors (Lipinski definition) is 4. The maximum Gasteiger partial charge on any atom is 0.132 e. The van der Waals surface area contributed by atoms with Crippen LogP contribution in [-0.2, 0) is 13.0 Å². The van der Waals surface area contributed by atoms with Crippen molar-refractivity contribution in [3.63, 3.8) is 0 Å². The Bertz CT molecular complexity index is 730. The van der Waals surface area contributed by atoms with Gasteiger partial charge >= 0.3 is 0 Å². The van der Waals surface area contributed by atoms with Gasteiger partial charge in [0.25, 0.3) is 0 Å². The van der Waals surface area contributed by atoms with E-state index in [-0.39, 0.29) is 0 Å². The molecular formula is C22H30N4. The van der Waals surface area contributed by atoms with Crippen molar-refractivity contribution in [3.05, 3.63) is 53.5 Å². The Kier molecular flexibility index (Phi) is 5.21. The van der Waals surface area contributed by atoms with Crippen molar-refractivity contribution in [3.8, 4) is 0 Å². The number of benzene rings is 1. The molecule has 2 aromatic rings. The molecule has 1 aromatic carbocycles. The highest BCUT2D eigenvalue weighted by atomic mass is 15.3. The van der Waals surface area contributed by atoms with Gasteiger partial charge in [0.05, 0.1) is 0 Å². The molecule has 0 radical (unpaired) electrons. The monoisotopic (exact) mass is 350 g/mol. The van der Waals surface area contributed by atoms with E-state index in [0.29, 0.717) is 6.04 Å². The first-order valence-electron chi connectivity index (χ1n) is 10.1. The Labute approximate surface area is 157 Å². The molecule has 0 unspecified atom stereocenters. The van der Waals surface area contributed by atoms with Gasteiger partial charge < -0.3 is 4.90 Å². The van der Waals surface area contributed by atoms with E-state index in [1.807, 2.05) is 0 Å². The average Bonchev–Trinajstić information content (AvgIpc) is 2.94. The van der Waals surface area contributed by atoms with Crippen LogP contribution in [0.3, 0.4) is 0 Å². The standard InChI is InChI=1S/C22H30N4/c1-3-7-21-23-17(2)12-22(24-21)26-15-19-10-11-20(16-26)25(14-19)13-18-8-5-4-6-9-18/h4-6,8-9,12,19-20H,3,7,10-11,13-16H2,1-2H3/t19-,20-/m1/s1. The van der Waals surface area contributed by atoms with E-state index >= 15 is 0 Å². The fourth-order valence-electron chi connectivity index (χ4n) is 4.49. The molecule has 4 nitrogen and oxygen atoms in total. The van der Waals surface area contributed by atoms with Crippen molar-refractivity contribution in [1.29, 1.82) is 0 Å². The summed E-state index contributed by atoms with van der Waals surface area (Å²) in [5.74, 6) is 2.88. The fourth-order valence-corrected chi connectivity index (χ4v) is 4.49. The second kappa shape index (κ2) is 7.75. The molecule has 3 saturated heterocycles. The van der Waals surface area contributed by atoms with E-state index in [4.69, 9.17) is 4.98 Å². The summed E-state index contributed by atoms with van der Waals surface area (Å²) >= 11 is 0. The summed E-state index contributed by atoms with van der Waals surface area (Å²) in [6.45, 7) is 8.79. The lowest BCUT2D eigenvalue weighted by Gasteiger charge is -2.36. The predicted molar refractivity (Wildman–Crippen MR) is 106 cm³/mol. The van der Waals surface area contributed by atoms with E-state index in [9.17, 15) is 0 Å². The molecule has 3 aliphatic rings. The van der Waals surface area contributed by atoms with Crippen LogP contribution in [0.2, 0.25) is 0 Å². The van der Waals surface area contributed by atoms with Crippen LogP contribution in [0.1, 0.15) is 43.3 Å². The van der Waals surface area contributed by atoms with Gasteiger partial charge in [0.1, 0.15) is 11.6 Å². The van der Waals surface area contributed by atoms with Gasteiger partial charge in [-0.15, -0.1) is 0 Å². The molecule has 4 heteroatoms. The third-order valence-electron chi connectivity index (χ3n) is 5.74. The molecule has 0 aliphatic carbocycles. The quantitative estimate of drug-likeness (QED) is 0.820. The van der Waals surface area contributed by atoms with E-state index in [1.165, 1.54) is 24.9 Å². The van der Waals surface area contributed by atoms with Crippen LogP contribution in [0, 0.1) is 12.8 Å². The minimum Gasteiger partial charge on any atom is -0.355 e. The molecule has 4 heterocycles. The lowest BCUT2D eigenvalue weighted by molar-refractivity contribution is 0.126. The first-order chi connectivity index (χ1) is 12.7. The van der Waals surface area contributed by atoms with E-state index < -0.39 is 0 Å². The second-order valence-electron chi connectivity index (χ2n) is 7.95. The smallest absolute Gasteiger partial charge is 0.132 e. The molecular weight excluding hydrogens is 320 g/mol. The SMILES string of the molecule is CCCc1nc(C)cc(N2C[C@@H]3CC[C@H](C2)N(Cc2ccccc2)C3)n1. The molecule has 0 spiro atoms. The van der Waals surface area contributed by atoms with Crippen LogP contribution in [0.15, 0.2) is 36.4 Å². The molecule has 0 N–H and O–H groups in total. The summed E-state index contributed by atoms with van der Waals surface area (Å²) < 4.78 is 0. The van der Waals surface area contributed by atoms with Gasteiger partial charge in [-0.2, -0.15) is 0 Å². The Balaban J connectivity index is 1.53. The molecule has 0 saturated carbocycles. The van der Waals surface area contributed by atoms with Crippen molar-refractivity contribution < 1.29 is 0 Å². The summed E-state index contributed by atoms with van der Waals surface area (Å²) in [5, 5.41) is 0. The summed E-state index contributed by atoms with van der Waals surface area (Å²) in [5.41, 5.74) is 2.52. The number of fused-ring (bicyclic) bond motifs is 4. The molecule has 5 rings (SSSR count). The number of aryl methyl sites for hydroxylation is 2. The highest BCUT2D eigenvalue weighted by molar-refractivity contribution is 5.41. The molecule has 3 fully saturated rings. The van der Waals surface area contributed by atoms with E-state index in [0.717, 1.165) is 55.7 Å². The van der Waals surface area contributed by atoms with E-state index in [2.05, 4.69) is 65.0 Å². The molecule has 26 heavy (non-hydrogen) atoms. The zero-order valence-corrected chi connectivity index (χ0v) is 16.1. The van der Waals surface area contributed by atoms with Crippen LogP contribution < -0.4 is 4.90 Å². The Morgan fingerprint density at radius 1 is 1.04 bits per heavy atom. The van der Waals surface area contributed by atoms with Crippen LogP contribution in [0.4, 0.5) is 5.82 Å². The maximum atomic E-state index is 4.89. The van der Waals surface area contributed by atoms with Crippen molar-refractivity contribution >= 4 is 5.82 Å². The zero-order chi connectivity index (χ0) is 17.9. The summed E-state index contributed by atoms with van der Waals surface area (Å²) in [7, 11) is 0.